The molecule has 1 aromatic rings. The van der Waals surface area contributed by atoms with Crippen molar-refractivity contribution < 1.29 is 9.15 Å². The Hall–Kier alpha value is -0.800. The summed E-state index contributed by atoms with van der Waals surface area (Å²) >= 11 is 0. The average Bonchev–Trinajstić information content (AvgIpc) is 2.58. The van der Waals surface area contributed by atoms with Gasteiger partial charge in [-0.05, 0) is 46.8 Å². The Balaban J connectivity index is 2.39. The lowest BCUT2D eigenvalue weighted by Gasteiger charge is -2.19. The highest BCUT2D eigenvalue weighted by atomic mass is 16.5. The predicted molar refractivity (Wildman–Crippen MR) is 65.2 cm³/mol. The third-order valence-corrected chi connectivity index (χ3v) is 2.07. The maximum Gasteiger partial charge on any atom is 0.129 e. The van der Waals surface area contributed by atoms with Gasteiger partial charge in [0.25, 0.3) is 0 Å². The zero-order valence-electron chi connectivity index (χ0n) is 11.0. The summed E-state index contributed by atoms with van der Waals surface area (Å²) in [5, 5.41) is 3.38. The molecule has 1 heterocycles. The Labute approximate surface area is 98.2 Å². The second-order valence-electron chi connectivity index (χ2n) is 5.33. The van der Waals surface area contributed by atoms with Crippen LogP contribution in [0.3, 0.4) is 0 Å². The van der Waals surface area contributed by atoms with Gasteiger partial charge in [0.05, 0.1) is 12.6 Å². The largest absolute Gasteiger partial charge is 0.462 e. The quantitative estimate of drug-likeness (QED) is 0.836. The molecule has 0 aliphatic rings. The Morgan fingerprint density at radius 3 is 2.44 bits per heavy atom. The van der Waals surface area contributed by atoms with E-state index in [1.165, 1.54) is 0 Å². The van der Waals surface area contributed by atoms with E-state index in [9.17, 15) is 0 Å². The Kier molecular flexibility index (Phi) is 4.56. The van der Waals surface area contributed by atoms with Gasteiger partial charge in [0, 0.05) is 5.54 Å². The topological polar surface area (TPSA) is 34.4 Å². The van der Waals surface area contributed by atoms with Crippen LogP contribution in [0.4, 0.5) is 0 Å². The summed E-state index contributed by atoms with van der Waals surface area (Å²) in [6.45, 7) is 11.8. The molecule has 3 nitrogen and oxygen atoms in total. The molecule has 1 N–H and O–H groups in total. The molecule has 0 atom stereocenters. The molecule has 1 aromatic heterocycles. The molecule has 0 spiro atoms. The molecule has 0 radical (unpaired) electrons. The van der Waals surface area contributed by atoms with Crippen molar-refractivity contribution in [3.63, 3.8) is 0 Å². The van der Waals surface area contributed by atoms with Crippen LogP contribution in [-0.4, -0.2) is 11.6 Å². The first-order valence-electron chi connectivity index (χ1n) is 5.81. The summed E-state index contributed by atoms with van der Waals surface area (Å²) in [4.78, 5) is 0. The molecule has 16 heavy (non-hydrogen) atoms. The molecule has 0 aliphatic carbocycles. The molecule has 0 aromatic carbocycles. The van der Waals surface area contributed by atoms with Crippen molar-refractivity contribution in [1.29, 1.82) is 0 Å². The van der Waals surface area contributed by atoms with Crippen molar-refractivity contribution in [2.45, 2.75) is 59.4 Å². The fourth-order valence-corrected chi connectivity index (χ4v) is 1.20. The van der Waals surface area contributed by atoms with Crippen LogP contribution in [0.5, 0.6) is 0 Å². The highest BCUT2D eigenvalue weighted by molar-refractivity contribution is 5.06. The van der Waals surface area contributed by atoms with E-state index in [1.54, 1.807) is 0 Å². The van der Waals surface area contributed by atoms with E-state index in [4.69, 9.17) is 9.15 Å². The lowest BCUT2D eigenvalue weighted by molar-refractivity contribution is 0.0538. The number of hydrogen-bond acceptors (Lipinski definition) is 3. The van der Waals surface area contributed by atoms with Gasteiger partial charge in [-0.25, -0.2) is 0 Å². The molecule has 92 valence electrons. The summed E-state index contributed by atoms with van der Waals surface area (Å²) in [7, 11) is 0. The smallest absolute Gasteiger partial charge is 0.129 e. The molecule has 1 rings (SSSR count). The van der Waals surface area contributed by atoms with Gasteiger partial charge in [-0.1, -0.05) is 0 Å². The van der Waals surface area contributed by atoms with Gasteiger partial charge in [-0.15, -0.1) is 0 Å². The van der Waals surface area contributed by atoms with Gasteiger partial charge in [-0.2, -0.15) is 0 Å². The van der Waals surface area contributed by atoms with Crippen LogP contribution in [0.2, 0.25) is 0 Å². The molecule has 0 amide bonds. The van der Waals surface area contributed by atoms with Crippen molar-refractivity contribution in [3.8, 4) is 0 Å². The standard InChI is InChI=1S/C13H23NO2/c1-10(2)15-9-12-7-6-11(16-12)8-14-13(3,4)5/h6-7,10,14H,8-9H2,1-5H3. The normalized spacial score (nSPS) is 12.4. The molecule has 0 saturated carbocycles. The zero-order valence-corrected chi connectivity index (χ0v) is 11.0. The second-order valence-corrected chi connectivity index (χ2v) is 5.33. The van der Waals surface area contributed by atoms with Crippen molar-refractivity contribution in [2.75, 3.05) is 0 Å². The van der Waals surface area contributed by atoms with E-state index in [-0.39, 0.29) is 11.6 Å². The van der Waals surface area contributed by atoms with Gasteiger partial charge in [0.2, 0.25) is 0 Å². The van der Waals surface area contributed by atoms with Crippen LogP contribution >= 0.6 is 0 Å². The highest BCUT2D eigenvalue weighted by Gasteiger charge is 2.10. The minimum atomic E-state index is 0.112. The fourth-order valence-electron chi connectivity index (χ4n) is 1.20. The average molecular weight is 225 g/mol. The highest BCUT2D eigenvalue weighted by Crippen LogP contribution is 2.11. The minimum absolute atomic E-state index is 0.112. The maximum absolute atomic E-state index is 5.64. The van der Waals surface area contributed by atoms with E-state index in [1.807, 2.05) is 26.0 Å². The van der Waals surface area contributed by atoms with Crippen molar-refractivity contribution >= 4 is 0 Å². The maximum atomic E-state index is 5.64. The number of nitrogens with one attached hydrogen (secondary N) is 1. The van der Waals surface area contributed by atoms with E-state index >= 15 is 0 Å². The Bertz CT molecular complexity index is 310. The van der Waals surface area contributed by atoms with Gasteiger partial charge >= 0.3 is 0 Å². The van der Waals surface area contributed by atoms with Crippen LogP contribution < -0.4 is 5.32 Å². The second kappa shape index (κ2) is 5.51. The molecule has 0 aliphatic heterocycles. The summed E-state index contributed by atoms with van der Waals surface area (Å²) in [6, 6.07) is 3.97. The van der Waals surface area contributed by atoms with Gasteiger partial charge in [-0.3, -0.25) is 0 Å². The van der Waals surface area contributed by atoms with Crippen molar-refractivity contribution in [2.24, 2.45) is 0 Å². The third-order valence-electron chi connectivity index (χ3n) is 2.07. The van der Waals surface area contributed by atoms with E-state index in [0.717, 1.165) is 18.1 Å². The van der Waals surface area contributed by atoms with Crippen LogP contribution in [0.1, 0.15) is 46.1 Å². The third kappa shape index (κ3) is 5.33. The molecule has 3 heteroatoms. The van der Waals surface area contributed by atoms with Gasteiger partial charge in [0.15, 0.2) is 0 Å². The molecular weight excluding hydrogens is 202 g/mol. The number of ether oxygens (including phenoxy) is 1. The first kappa shape index (κ1) is 13.3. The zero-order chi connectivity index (χ0) is 12.2. The van der Waals surface area contributed by atoms with Crippen molar-refractivity contribution in [3.05, 3.63) is 23.7 Å². The predicted octanol–water partition coefficient (Wildman–Crippen LogP) is 3.09. The summed E-state index contributed by atoms with van der Waals surface area (Å²) in [5.74, 6) is 1.84. The van der Waals surface area contributed by atoms with Crippen LogP contribution in [0, 0.1) is 0 Å². The number of furan rings is 1. The number of rotatable bonds is 5. The summed E-state index contributed by atoms with van der Waals surface area (Å²) in [6.07, 6.45) is 0.237. The summed E-state index contributed by atoms with van der Waals surface area (Å²) < 4.78 is 11.1. The van der Waals surface area contributed by atoms with Gasteiger partial charge < -0.3 is 14.5 Å². The number of hydrogen-bond donors (Lipinski definition) is 1. The first-order valence-corrected chi connectivity index (χ1v) is 5.81. The van der Waals surface area contributed by atoms with Gasteiger partial charge in [0.1, 0.15) is 18.1 Å². The molecule has 0 bridgehead atoms. The SMILES string of the molecule is CC(C)OCc1ccc(CNC(C)(C)C)o1. The molecule has 0 unspecified atom stereocenters. The molecule has 0 fully saturated rings. The van der Waals surface area contributed by atoms with E-state index < -0.39 is 0 Å². The molecule has 0 saturated heterocycles. The monoisotopic (exact) mass is 225 g/mol. The molecular formula is C13H23NO2. The summed E-state index contributed by atoms with van der Waals surface area (Å²) in [5.41, 5.74) is 0.112. The minimum Gasteiger partial charge on any atom is -0.462 e. The first-order chi connectivity index (χ1) is 7.37. The van der Waals surface area contributed by atoms with E-state index in [0.29, 0.717) is 6.61 Å². The lowest BCUT2D eigenvalue weighted by Crippen LogP contribution is -2.34. The Morgan fingerprint density at radius 2 is 1.88 bits per heavy atom. The fraction of sp³-hybridized carbons (Fsp3) is 0.692. The van der Waals surface area contributed by atoms with Crippen molar-refractivity contribution in [1.82, 2.24) is 5.32 Å². The lowest BCUT2D eigenvalue weighted by atomic mass is 10.1. The van der Waals surface area contributed by atoms with Crippen LogP contribution in [-0.2, 0) is 17.9 Å². The van der Waals surface area contributed by atoms with E-state index in [2.05, 4.69) is 26.1 Å². The van der Waals surface area contributed by atoms with Crippen LogP contribution in [0.15, 0.2) is 16.5 Å². The Morgan fingerprint density at radius 1 is 1.25 bits per heavy atom. The van der Waals surface area contributed by atoms with Crippen LogP contribution in [0.25, 0.3) is 0 Å².